The minimum Gasteiger partial charge on any atom is -0.496 e. The van der Waals surface area contributed by atoms with Gasteiger partial charge in [0.25, 0.3) is 0 Å². The van der Waals surface area contributed by atoms with Gasteiger partial charge < -0.3 is 9.47 Å². The quantitative estimate of drug-likeness (QED) is 0.539. The number of hydrogen-bond acceptors (Lipinski definition) is 2. The zero-order valence-corrected chi connectivity index (χ0v) is 15.7. The van der Waals surface area contributed by atoms with Gasteiger partial charge in [0.1, 0.15) is 11.5 Å². The first kappa shape index (κ1) is 15.9. The molecule has 20 heavy (non-hydrogen) atoms. The maximum atomic E-state index is 5.25. The van der Waals surface area contributed by atoms with Gasteiger partial charge in [-0.05, 0) is 67.3 Å². The summed E-state index contributed by atoms with van der Waals surface area (Å²) in [5.74, 6) is 1.65. The van der Waals surface area contributed by atoms with Crippen LogP contribution in [0.4, 0.5) is 0 Å². The van der Waals surface area contributed by atoms with Crippen LogP contribution in [-0.4, -0.2) is 14.2 Å². The molecule has 0 N–H and O–H groups in total. The molecule has 0 aliphatic rings. The van der Waals surface area contributed by atoms with E-state index in [2.05, 4.69) is 59.9 Å². The molecular formula is C15H13Br3O2. The molecule has 2 aromatic rings. The molecule has 0 amide bonds. The van der Waals surface area contributed by atoms with Crippen molar-refractivity contribution in [1.29, 1.82) is 0 Å². The van der Waals surface area contributed by atoms with E-state index in [-0.39, 0.29) is 4.83 Å². The van der Waals surface area contributed by atoms with E-state index in [0.29, 0.717) is 0 Å². The summed E-state index contributed by atoms with van der Waals surface area (Å²) in [5.41, 5.74) is 2.30. The van der Waals surface area contributed by atoms with E-state index in [1.54, 1.807) is 14.2 Å². The van der Waals surface area contributed by atoms with E-state index in [1.807, 2.05) is 24.3 Å². The maximum Gasteiger partial charge on any atom is 0.133 e. The fraction of sp³-hybridized carbons (Fsp3) is 0.200. The third-order valence-corrected chi connectivity index (χ3v) is 5.23. The topological polar surface area (TPSA) is 18.5 Å². The first-order chi connectivity index (χ1) is 9.56. The van der Waals surface area contributed by atoms with Gasteiger partial charge in [-0.15, -0.1) is 0 Å². The molecule has 0 saturated heterocycles. The van der Waals surface area contributed by atoms with Crippen LogP contribution in [-0.2, 0) is 0 Å². The van der Waals surface area contributed by atoms with E-state index < -0.39 is 0 Å². The summed E-state index contributed by atoms with van der Waals surface area (Å²) in [6.45, 7) is 0. The predicted octanol–water partition coefficient (Wildman–Crippen LogP) is 5.71. The molecule has 0 fully saturated rings. The van der Waals surface area contributed by atoms with E-state index in [1.165, 1.54) is 0 Å². The highest BCUT2D eigenvalue weighted by Gasteiger charge is 2.14. The average Bonchev–Trinajstić information content (AvgIpc) is 2.46. The molecule has 0 bridgehead atoms. The van der Waals surface area contributed by atoms with Gasteiger partial charge in [0.05, 0.1) is 28.0 Å². The number of halogens is 3. The highest BCUT2D eigenvalue weighted by molar-refractivity contribution is 9.11. The van der Waals surface area contributed by atoms with E-state index in [0.717, 1.165) is 31.6 Å². The molecule has 5 heteroatoms. The Hall–Kier alpha value is -0.520. The zero-order chi connectivity index (χ0) is 14.7. The van der Waals surface area contributed by atoms with Crippen molar-refractivity contribution in [2.45, 2.75) is 4.83 Å². The lowest BCUT2D eigenvalue weighted by Gasteiger charge is -2.14. The van der Waals surface area contributed by atoms with Crippen LogP contribution in [0.15, 0.2) is 45.3 Å². The highest BCUT2D eigenvalue weighted by atomic mass is 79.9. The van der Waals surface area contributed by atoms with Crippen LogP contribution < -0.4 is 9.47 Å². The lowest BCUT2D eigenvalue weighted by molar-refractivity contribution is 0.412. The Bertz CT molecular complexity index is 561. The summed E-state index contributed by atoms with van der Waals surface area (Å²) in [6.07, 6.45) is 0. The van der Waals surface area contributed by atoms with Gasteiger partial charge in [-0.2, -0.15) is 0 Å². The van der Waals surface area contributed by atoms with Crippen LogP contribution in [0.1, 0.15) is 16.0 Å². The number of benzene rings is 2. The average molecular weight is 465 g/mol. The molecule has 0 atom stereocenters. The van der Waals surface area contributed by atoms with Crippen molar-refractivity contribution in [3.63, 3.8) is 0 Å². The Morgan fingerprint density at radius 3 is 1.50 bits per heavy atom. The van der Waals surface area contributed by atoms with Gasteiger partial charge in [0, 0.05) is 0 Å². The fourth-order valence-corrected chi connectivity index (χ4v) is 3.56. The summed E-state index contributed by atoms with van der Waals surface area (Å²) in [4.78, 5) is 0.104. The van der Waals surface area contributed by atoms with Crippen molar-refractivity contribution < 1.29 is 9.47 Å². The molecule has 0 unspecified atom stereocenters. The predicted molar refractivity (Wildman–Crippen MR) is 92.2 cm³/mol. The Morgan fingerprint density at radius 2 is 1.20 bits per heavy atom. The SMILES string of the molecule is COc1ccc(C(Br)c2ccc(OC)c(Br)c2)cc1Br. The van der Waals surface area contributed by atoms with Crippen LogP contribution in [0.5, 0.6) is 11.5 Å². The second-order valence-electron chi connectivity index (χ2n) is 4.15. The van der Waals surface area contributed by atoms with Crippen molar-refractivity contribution in [3.05, 3.63) is 56.5 Å². The van der Waals surface area contributed by atoms with Crippen molar-refractivity contribution >= 4 is 47.8 Å². The summed E-state index contributed by atoms with van der Waals surface area (Å²) in [7, 11) is 3.32. The van der Waals surface area contributed by atoms with Gasteiger partial charge >= 0.3 is 0 Å². The first-order valence-electron chi connectivity index (χ1n) is 5.87. The molecule has 2 aromatic carbocycles. The number of ether oxygens (including phenoxy) is 2. The van der Waals surface area contributed by atoms with Crippen molar-refractivity contribution in [3.8, 4) is 11.5 Å². The molecule has 0 spiro atoms. The first-order valence-corrected chi connectivity index (χ1v) is 8.38. The molecule has 0 radical (unpaired) electrons. The van der Waals surface area contributed by atoms with Crippen molar-refractivity contribution in [1.82, 2.24) is 0 Å². The Morgan fingerprint density at radius 1 is 0.800 bits per heavy atom. The summed E-state index contributed by atoms with van der Waals surface area (Å²) in [5, 5.41) is 0. The van der Waals surface area contributed by atoms with Gasteiger partial charge in [-0.1, -0.05) is 28.1 Å². The van der Waals surface area contributed by atoms with Crippen LogP contribution in [0.3, 0.4) is 0 Å². The van der Waals surface area contributed by atoms with Crippen molar-refractivity contribution in [2.24, 2.45) is 0 Å². The monoisotopic (exact) mass is 462 g/mol. The molecule has 0 aromatic heterocycles. The number of rotatable bonds is 4. The van der Waals surface area contributed by atoms with E-state index in [9.17, 15) is 0 Å². The molecule has 0 aliphatic carbocycles. The molecule has 0 aliphatic heterocycles. The lowest BCUT2D eigenvalue weighted by atomic mass is 10.0. The van der Waals surface area contributed by atoms with Gasteiger partial charge in [-0.3, -0.25) is 0 Å². The number of alkyl halides is 1. The molecule has 2 rings (SSSR count). The Labute approximate surface area is 143 Å². The normalized spacial score (nSPS) is 10.7. The molecule has 106 valence electrons. The van der Waals surface area contributed by atoms with Gasteiger partial charge in [0.2, 0.25) is 0 Å². The van der Waals surface area contributed by atoms with Crippen molar-refractivity contribution in [2.75, 3.05) is 14.2 Å². The molecule has 0 heterocycles. The third kappa shape index (κ3) is 3.38. The van der Waals surface area contributed by atoms with Gasteiger partial charge in [0.15, 0.2) is 0 Å². The summed E-state index contributed by atoms with van der Waals surface area (Å²) in [6, 6.07) is 12.1. The molecular weight excluding hydrogens is 452 g/mol. The third-order valence-electron chi connectivity index (χ3n) is 2.94. The van der Waals surface area contributed by atoms with Crippen LogP contribution in [0.25, 0.3) is 0 Å². The largest absolute Gasteiger partial charge is 0.496 e. The number of methoxy groups -OCH3 is 2. The highest BCUT2D eigenvalue weighted by Crippen LogP contribution is 2.37. The van der Waals surface area contributed by atoms with Crippen LogP contribution in [0, 0.1) is 0 Å². The Kier molecular flexibility index (Phi) is 5.52. The lowest BCUT2D eigenvalue weighted by Crippen LogP contribution is -1.95. The van der Waals surface area contributed by atoms with Gasteiger partial charge in [-0.25, -0.2) is 0 Å². The standard InChI is InChI=1S/C15H13Br3O2/c1-19-13-5-3-9(7-11(13)16)15(18)10-4-6-14(20-2)12(17)8-10/h3-8,15H,1-2H3. The summed E-state index contributed by atoms with van der Waals surface area (Å²) >= 11 is 10.8. The molecule has 0 saturated carbocycles. The Balaban J connectivity index is 2.33. The minimum absolute atomic E-state index is 0.104. The zero-order valence-electron chi connectivity index (χ0n) is 11.0. The summed E-state index contributed by atoms with van der Waals surface area (Å²) < 4.78 is 12.4. The van der Waals surface area contributed by atoms with Crippen LogP contribution >= 0.6 is 47.8 Å². The van der Waals surface area contributed by atoms with E-state index >= 15 is 0 Å². The van der Waals surface area contributed by atoms with Crippen LogP contribution in [0.2, 0.25) is 0 Å². The second kappa shape index (κ2) is 6.96. The second-order valence-corrected chi connectivity index (χ2v) is 6.77. The number of hydrogen-bond donors (Lipinski definition) is 0. The molecule has 2 nitrogen and oxygen atoms in total. The minimum atomic E-state index is 0.104. The maximum absolute atomic E-state index is 5.25. The van der Waals surface area contributed by atoms with E-state index in [4.69, 9.17) is 9.47 Å². The smallest absolute Gasteiger partial charge is 0.133 e. The fourth-order valence-electron chi connectivity index (χ4n) is 1.87.